The van der Waals surface area contributed by atoms with Gasteiger partial charge in [-0.2, -0.15) is 0 Å². The molecule has 0 radical (unpaired) electrons. The summed E-state index contributed by atoms with van der Waals surface area (Å²) in [5.74, 6) is 0. The van der Waals surface area contributed by atoms with Gasteiger partial charge >= 0.3 is 0 Å². The van der Waals surface area contributed by atoms with Gasteiger partial charge in [0.05, 0.1) is 0 Å². The summed E-state index contributed by atoms with van der Waals surface area (Å²) >= 11 is 0. The van der Waals surface area contributed by atoms with Crippen molar-refractivity contribution >= 4 is 0 Å². The predicted octanol–water partition coefficient (Wildman–Crippen LogP) is 2.53. The first-order valence-corrected chi connectivity index (χ1v) is 3.54. The maximum Gasteiger partial charge on any atom is 0.0319 e. The average Bonchev–Trinajstić information content (AvgIpc) is 1.92. The van der Waals surface area contributed by atoms with E-state index in [2.05, 4.69) is 25.7 Å². The average molecular weight is 142 g/mol. The molecule has 1 N–H and O–H groups in total. The topological polar surface area (TPSA) is 20.2 Å². The molecule has 0 fully saturated rings. The quantitative estimate of drug-likeness (QED) is 0.600. The molecule has 0 aromatic heterocycles. The standard InChI is InChI=1S/C8H14.CH4O/c1-4-5-6-7-8(2)3;1-2/h6-7H,2,4-5H2,1,3H3;2H,1H3/b7-6-;. The fourth-order valence-corrected chi connectivity index (χ4v) is 0.451. The molecule has 0 saturated heterocycles. The Kier molecular flexibility index (Phi) is 13.7. The molecule has 60 valence electrons. The lowest BCUT2D eigenvalue weighted by molar-refractivity contribution is 0.399. The van der Waals surface area contributed by atoms with E-state index in [-0.39, 0.29) is 0 Å². The Morgan fingerprint density at radius 2 is 2.00 bits per heavy atom. The van der Waals surface area contributed by atoms with E-state index in [1.165, 1.54) is 12.8 Å². The monoisotopic (exact) mass is 142 g/mol. The Morgan fingerprint density at radius 1 is 1.50 bits per heavy atom. The normalized spacial score (nSPS) is 8.80. The van der Waals surface area contributed by atoms with Gasteiger partial charge < -0.3 is 5.11 Å². The fourth-order valence-electron chi connectivity index (χ4n) is 0.451. The zero-order chi connectivity index (χ0) is 8.41. The van der Waals surface area contributed by atoms with Crippen molar-refractivity contribution in [2.24, 2.45) is 0 Å². The van der Waals surface area contributed by atoms with E-state index >= 15 is 0 Å². The third-order valence-electron chi connectivity index (χ3n) is 0.858. The van der Waals surface area contributed by atoms with E-state index < -0.39 is 0 Å². The predicted molar refractivity (Wildman–Crippen MR) is 47.0 cm³/mol. The lowest BCUT2D eigenvalue weighted by Gasteiger charge is -1.83. The Labute approximate surface area is 64.1 Å². The first kappa shape index (κ1) is 12.1. The van der Waals surface area contributed by atoms with Crippen molar-refractivity contribution in [3.63, 3.8) is 0 Å². The maximum absolute atomic E-state index is 7.00. The SMILES string of the molecule is C=C(C)/C=C\CCC.CO. The summed E-state index contributed by atoms with van der Waals surface area (Å²) < 4.78 is 0. The van der Waals surface area contributed by atoms with Crippen LogP contribution in [0.3, 0.4) is 0 Å². The van der Waals surface area contributed by atoms with Gasteiger partial charge in [0.25, 0.3) is 0 Å². The van der Waals surface area contributed by atoms with Gasteiger partial charge in [-0.3, -0.25) is 0 Å². The molecular formula is C9H18O. The van der Waals surface area contributed by atoms with Gasteiger partial charge in [0, 0.05) is 7.11 Å². The first-order chi connectivity index (χ1) is 4.77. The maximum atomic E-state index is 7.00. The second-order valence-corrected chi connectivity index (χ2v) is 2.04. The Hall–Kier alpha value is -0.560. The minimum atomic E-state index is 1.00. The Bertz CT molecular complexity index is 92.9. The second-order valence-electron chi connectivity index (χ2n) is 2.04. The number of aliphatic hydroxyl groups excluding tert-OH is 1. The van der Waals surface area contributed by atoms with Gasteiger partial charge in [-0.1, -0.05) is 37.6 Å². The summed E-state index contributed by atoms with van der Waals surface area (Å²) in [6, 6.07) is 0. The van der Waals surface area contributed by atoms with Crippen LogP contribution in [-0.2, 0) is 0 Å². The van der Waals surface area contributed by atoms with Crippen molar-refractivity contribution in [3.8, 4) is 0 Å². The third-order valence-corrected chi connectivity index (χ3v) is 0.858. The fraction of sp³-hybridized carbons (Fsp3) is 0.556. The smallest absolute Gasteiger partial charge is 0.0319 e. The summed E-state index contributed by atoms with van der Waals surface area (Å²) in [6.07, 6.45) is 6.61. The highest BCUT2D eigenvalue weighted by Crippen LogP contribution is 1.93. The van der Waals surface area contributed by atoms with Crippen LogP contribution >= 0.6 is 0 Å². The van der Waals surface area contributed by atoms with E-state index in [1.54, 1.807) is 0 Å². The molecule has 0 unspecified atom stereocenters. The van der Waals surface area contributed by atoms with Crippen molar-refractivity contribution in [1.82, 2.24) is 0 Å². The summed E-state index contributed by atoms with van der Waals surface area (Å²) in [5.41, 5.74) is 1.14. The zero-order valence-electron chi connectivity index (χ0n) is 7.22. The van der Waals surface area contributed by atoms with Gasteiger partial charge in [-0.05, 0) is 13.3 Å². The van der Waals surface area contributed by atoms with Crippen molar-refractivity contribution in [1.29, 1.82) is 0 Å². The molecule has 0 aromatic carbocycles. The molecule has 0 saturated carbocycles. The molecule has 0 rings (SSSR count). The van der Waals surface area contributed by atoms with Crippen LogP contribution in [0.5, 0.6) is 0 Å². The van der Waals surface area contributed by atoms with Crippen molar-refractivity contribution in [2.45, 2.75) is 26.7 Å². The second kappa shape index (κ2) is 11.3. The van der Waals surface area contributed by atoms with Gasteiger partial charge in [-0.25, -0.2) is 0 Å². The van der Waals surface area contributed by atoms with Crippen LogP contribution in [0.4, 0.5) is 0 Å². The zero-order valence-corrected chi connectivity index (χ0v) is 7.22. The van der Waals surface area contributed by atoms with E-state index in [0.717, 1.165) is 12.7 Å². The highest BCUT2D eigenvalue weighted by Gasteiger charge is 1.72. The number of allylic oxidation sites excluding steroid dienone is 3. The number of unbranched alkanes of at least 4 members (excludes halogenated alkanes) is 1. The summed E-state index contributed by atoms with van der Waals surface area (Å²) in [5, 5.41) is 7.00. The van der Waals surface area contributed by atoms with Gasteiger partial charge in [0.1, 0.15) is 0 Å². The van der Waals surface area contributed by atoms with Crippen LogP contribution in [0, 0.1) is 0 Å². The van der Waals surface area contributed by atoms with Crippen LogP contribution in [0.1, 0.15) is 26.7 Å². The Morgan fingerprint density at radius 3 is 2.30 bits per heavy atom. The molecule has 0 amide bonds. The molecule has 0 aromatic rings. The molecule has 0 spiro atoms. The lowest BCUT2D eigenvalue weighted by Crippen LogP contribution is -1.62. The van der Waals surface area contributed by atoms with Gasteiger partial charge in [-0.15, -0.1) is 0 Å². The molecule has 0 aliphatic rings. The highest BCUT2D eigenvalue weighted by atomic mass is 16.2. The number of rotatable bonds is 3. The lowest BCUT2D eigenvalue weighted by atomic mass is 10.2. The molecule has 0 bridgehead atoms. The van der Waals surface area contributed by atoms with Gasteiger partial charge in [0.2, 0.25) is 0 Å². The number of hydrogen-bond donors (Lipinski definition) is 1. The van der Waals surface area contributed by atoms with E-state index in [1.807, 2.05) is 6.92 Å². The Balaban J connectivity index is 0. The molecule has 0 aliphatic carbocycles. The molecule has 10 heavy (non-hydrogen) atoms. The molecule has 1 nitrogen and oxygen atoms in total. The number of hydrogen-bond acceptors (Lipinski definition) is 1. The summed E-state index contributed by atoms with van der Waals surface area (Å²) in [6.45, 7) is 7.92. The minimum absolute atomic E-state index is 1.00. The molecule has 1 heteroatoms. The molecular weight excluding hydrogens is 124 g/mol. The van der Waals surface area contributed by atoms with Crippen molar-refractivity contribution < 1.29 is 5.11 Å². The van der Waals surface area contributed by atoms with Gasteiger partial charge in [0.15, 0.2) is 0 Å². The summed E-state index contributed by atoms with van der Waals surface area (Å²) in [4.78, 5) is 0. The number of aliphatic hydroxyl groups is 1. The summed E-state index contributed by atoms with van der Waals surface area (Å²) in [7, 11) is 1.00. The molecule has 0 heterocycles. The molecule has 0 aliphatic heterocycles. The van der Waals surface area contributed by atoms with Crippen molar-refractivity contribution in [2.75, 3.05) is 7.11 Å². The van der Waals surface area contributed by atoms with E-state index in [0.29, 0.717) is 0 Å². The van der Waals surface area contributed by atoms with Crippen LogP contribution in [0.15, 0.2) is 24.3 Å². The van der Waals surface area contributed by atoms with Crippen LogP contribution in [-0.4, -0.2) is 12.2 Å². The van der Waals surface area contributed by atoms with Crippen LogP contribution < -0.4 is 0 Å². The van der Waals surface area contributed by atoms with Crippen LogP contribution in [0.25, 0.3) is 0 Å². The third kappa shape index (κ3) is 15.7. The minimum Gasteiger partial charge on any atom is -0.400 e. The van der Waals surface area contributed by atoms with Crippen LogP contribution in [0.2, 0.25) is 0 Å². The highest BCUT2D eigenvalue weighted by molar-refractivity contribution is 5.10. The molecule has 0 atom stereocenters. The first-order valence-electron chi connectivity index (χ1n) is 3.54. The van der Waals surface area contributed by atoms with E-state index in [4.69, 9.17) is 5.11 Å². The largest absolute Gasteiger partial charge is 0.400 e. The van der Waals surface area contributed by atoms with E-state index in [9.17, 15) is 0 Å². The van der Waals surface area contributed by atoms with Crippen molar-refractivity contribution in [3.05, 3.63) is 24.3 Å².